The van der Waals surface area contributed by atoms with Crippen LogP contribution in [-0.4, -0.2) is 48.2 Å². The van der Waals surface area contributed by atoms with Crippen molar-refractivity contribution in [1.29, 1.82) is 0 Å². The summed E-state index contributed by atoms with van der Waals surface area (Å²) in [5, 5.41) is 12.2. The van der Waals surface area contributed by atoms with Crippen LogP contribution in [0.25, 0.3) is 5.57 Å². The number of aliphatic hydroxyl groups is 1. The molecule has 1 aromatic rings. The van der Waals surface area contributed by atoms with Crippen LogP contribution in [0.3, 0.4) is 0 Å². The monoisotopic (exact) mass is 316 g/mol. The number of nitrogens with zero attached hydrogens (tertiary/aromatic N) is 1. The number of unbranched alkanes of at least 4 members (excludes halogenated alkanes) is 1. The van der Waals surface area contributed by atoms with Gasteiger partial charge in [0.05, 0.1) is 6.61 Å². The van der Waals surface area contributed by atoms with Gasteiger partial charge < -0.3 is 10.4 Å². The molecule has 2 N–H and O–H groups in total. The topological polar surface area (TPSA) is 52.6 Å². The maximum atomic E-state index is 11.9. The zero-order chi connectivity index (χ0) is 16.5. The molecular formula is C19H28N2O2. The standard InChI is InChI=1S/C19H28N2O2/c1-16(17-8-3-2-4-9-17)14-19(23)20-11-5-6-12-21-13-7-10-18(21)15-22/h2-4,8-9,14,18,22H,5-7,10-13,15H2,1H3,(H,20,23)/b16-14-. The summed E-state index contributed by atoms with van der Waals surface area (Å²) in [5.41, 5.74) is 2.05. The Bertz CT molecular complexity index is 513. The van der Waals surface area contributed by atoms with E-state index in [4.69, 9.17) is 0 Å². The van der Waals surface area contributed by atoms with Gasteiger partial charge in [-0.15, -0.1) is 0 Å². The van der Waals surface area contributed by atoms with Gasteiger partial charge in [-0.2, -0.15) is 0 Å². The van der Waals surface area contributed by atoms with Gasteiger partial charge in [0, 0.05) is 18.7 Å². The smallest absolute Gasteiger partial charge is 0.244 e. The molecule has 1 unspecified atom stereocenters. The Morgan fingerprint density at radius 1 is 1.35 bits per heavy atom. The number of hydrogen-bond donors (Lipinski definition) is 2. The Morgan fingerprint density at radius 3 is 2.87 bits per heavy atom. The Labute approximate surface area is 139 Å². The van der Waals surface area contributed by atoms with Crippen molar-refractivity contribution in [1.82, 2.24) is 10.2 Å². The van der Waals surface area contributed by atoms with Crippen LogP contribution in [0.15, 0.2) is 36.4 Å². The summed E-state index contributed by atoms with van der Waals surface area (Å²) in [6.07, 6.45) is 5.98. The van der Waals surface area contributed by atoms with Gasteiger partial charge in [-0.25, -0.2) is 0 Å². The Hall–Kier alpha value is -1.65. The van der Waals surface area contributed by atoms with Crippen molar-refractivity contribution in [3.63, 3.8) is 0 Å². The molecule has 4 heteroatoms. The Morgan fingerprint density at radius 2 is 2.13 bits per heavy atom. The zero-order valence-corrected chi connectivity index (χ0v) is 14.0. The zero-order valence-electron chi connectivity index (χ0n) is 14.0. The van der Waals surface area contributed by atoms with E-state index in [9.17, 15) is 9.90 Å². The third-order valence-corrected chi connectivity index (χ3v) is 4.46. The van der Waals surface area contributed by atoms with Crippen LogP contribution < -0.4 is 5.32 Å². The lowest BCUT2D eigenvalue weighted by Gasteiger charge is -2.22. The van der Waals surface area contributed by atoms with E-state index in [1.54, 1.807) is 6.08 Å². The van der Waals surface area contributed by atoms with Crippen LogP contribution in [0.4, 0.5) is 0 Å². The molecule has 126 valence electrons. The van der Waals surface area contributed by atoms with Gasteiger partial charge in [-0.1, -0.05) is 30.3 Å². The number of rotatable bonds is 8. The molecule has 1 saturated heterocycles. The maximum absolute atomic E-state index is 11.9. The van der Waals surface area contributed by atoms with E-state index in [-0.39, 0.29) is 12.5 Å². The molecule has 1 amide bonds. The molecule has 0 radical (unpaired) electrons. The molecule has 1 aliphatic heterocycles. The summed E-state index contributed by atoms with van der Waals surface area (Å²) >= 11 is 0. The van der Waals surface area contributed by atoms with Gasteiger partial charge in [0.1, 0.15) is 0 Å². The highest BCUT2D eigenvalue weighted by Crippen LogP contribution is 2.16. The third-order valence-electron chi connectivity index (χ3n) is 4.46. The number of aliphatic hydroxyl groups excluding tert-OH is 1. The lowest BCUT2D eigenvalue weighted by Crippen LogP contribution is -2.33. The highest BCUT2D eigenvalue weighted by molar-refractivity contribution is 5.94. The fourth-order valence-electron chi connectivity index (χ4n) is 3.08. The van der Waals surface area contributed by atoms with Crippen molar-refractivity contribution in [2.24, 2.45) is 0 Å². The second-order valence-corrected chi connectivity index (χ2v) is 6.21. The van der Waals surface area contributed by atoms with Crippen molar-refractivity contribution in [3.8, 4) is 0 Å². The molecule has 0 aromatic heterocycles. The molecule has 1 aromatic carbocycles. The second kappa shape index (κ2) is 9.48. The van der Waals surface area contributed by atoms with Crippen LogP contribution >= 0.6 is 0 Å². The molecule has 0 bridgehead atoms. The first kappa shape index (κ1) is 17.7. The Kier molecular flexibility index (Phi) is 7.30. The second-order valence-electron chi connectivity index (χ2n) is 6.21. The summed E-state index contributed by atoms with van der Waals surface area (Å²) in [5.74, 6) is -0.0271. The first-order chi connectivity index (χ1) is 11.2. The van der Waals surface area contributed by atoms with Crippen LogP contribution in [0.2, 0.25) is 0 Å². The van der Waals surface area contributed by atoms with Crippen LogP contribution in [0.1, 0.15) is 38.2 Å². The Balaban J connectivity index is 1.63. The quantitative estimate of drug-likeness (QED) is 0.572. The molecule has 2 rings (SSSR count). The van der Waals surface area contributed by atoms with E-state index in [2.05, 4.69) is 10.2 Å². The fourth-order valence-corrected chi connectivity index (χ4v) is 3.08. The van der Waals surface area contributed by atoms with E-state index in [0.717, 1.165) is 43.5 Å². The number of allylic oxidation sites excluding steroid dienone is 1. The van der Waals surface area contributed by atoms with E-state index in [0.29, 0.717) is 12.6 Å². The molecule has 1 aliphatic rings. The number of nitrogens with one attached hydrogen (secondary N) is 1. The molecule has 0 spiro atoms. The number of carbonyl (C=O) groups is 1. The molecule has 0 saturated carbocycles. The minimum absolute atomic E-state index is 0.0271. The van der Waals surface area contributed by atoms with Crippen LogP contribution in [0.5, 0.6) is 0 Å². The average Bonchev–Trinajstić information content (AvgIpc) is 3.02. The molecule has 1 atom stereocenters. The van der Waals surface area contributed by atoms with Crippen LogP contribution in [-0.2, 0) is 4.79 Å². The van der Waals surface area contributed by atoms with Crippen molar-refractivity contribution in [2.75, 3.05) is 26.2 Å². The lowest BCUT2D eigenvalue weighted by molar-refractivity contribution is -0.116. The molecule has 23 heavy (non-hydrogen) atoms. The first-order valence-corrected chi connectivity index (χ1v) is 8.57. The van der Waals surface area contributed by atoms with Crippen molar-refractivity contribution >= 4 is 11.5 Å². The molecule has 1 heterocycles. The van der Waals surface area contributed by atoms with Crippen molar-refractivity contribution < 1.29 is 9.90 Å². The normalized spacial score (nSPS) is 19.0. The molecular weight excluding hydrogens is 288 g/mol. The lowest BCUT2D eigenvalue weighted by atomic mass is 10.1. The molecule has 1 fully saturated rings. The number of benzene rings is 1. The molecule has 0 aliphatic carbocycles. The summed E-state index contributed by atoms with van der Waals surface area (Å²) in [4.78, 5) is 14.3. The number of hydrogen-bond acceptors (Lipinski definition) is 3. The predicted molar refractivity (Wildman–Crippen MR) is 94.0 cm³/mol. The highest BCUT2D eigenvalue weighted by Gasteiger charge is 2.22. The van der Waals surface area contributed by atoms with Gasteiger partial charge in [0.15, 0.2) is 0 Å². The number of likely N-dealkylation sites (tertiary alicyclic amines) is 1. The SMILES string of the molecule is C/C(=C/C(=O)NCCCCN1CCCC1CO)c1ccccc1. The van der Waals surface area contributed by atoms with E-state index in [1.807, 2.05) is 37.3 Å². The predicted octanol–water partition coefficient (Wildman–Crippen LogP) is 2.44. The third kappa shape index (κ3) is 5.81. The highest BCUT2D eigenvalue weighted by atomic mass is 16.3. The maximum Gasteiger partial charge on any atom is 0.244 e. The van der Waals surface area contributed by atoms with E-state index in [1.165, 1.54) is 6.42 Å². The van der Waals surface area contributed by atoms with Gasteiger partial charge in [-0.05, 0) is 56.8 Å². The van der Waals surface area contributed by atoms with Gasteiger partial charge in [0.25, 0.3) is 0 Å². The van der Waals surface area contributed by atoms with E-state index < -0.39 is 0 Å². The largest absolute Gasteiger partial charge is 0.395 e. The van der Waals surface area contributed by atoms with Crippen molar-refractivity contribution in [2.45, 2.75) is 38.6 Å². The first-order valence-electron chi connectivity index (χ1n) is 8.57. The van der Waals surface area contributed by atoms with Gasteiger partial charge >= 0.3 is 0 Å². The van der Waals surface area contributed by atoms with Gasteiger partial charge in [0.2, 0.25) is 5.91 Å². The minimum atomic E-state index is -0.0271. The molecule has 4 nitrogen and oxygen atoms in total. The summed E-state index contributed by atoms with van der Waals surface area (Å²) in [6, 6.07) is 10.3. The number of amides is 1. The summed E-state index contributed by atoms with van der Waals surface area (Å²) in [7, 11) is 0. The number of carbonyl (C=O) groups excluding carboxylic acids is 1. The van der Waals surface area contributed by atoms with Crippen molar-refractivity contribution in [3.05, 3.63) is 42.0 Å². The average molecular weight is 316 g/mol. The van der Waals surface area contributed by atoms with E-state index >= 15 is 0 Å². The summed E-state index contributed by atoms with van der Waals surface area (Å²) in [6.45, 7) is 5.03. The summed E-state index contributed by atoms with van der Waals surface area (Å²) < 4.78 is 0. The van der Waals surface area contributed by atoms with Gasteiger partial charge in [-0.3, -0.25) is 9.69 Å². The van der Waals surface area contributed by atoms with Crippen LogP contribution in [0, 0.1) is 0 Å². The fraction of sp³-hybridized carbons (Fsp3) is 0.526. The minimum Gasteiger partial charge on any atom is -0.395 e.